The van der Waals surface area contributed by atoms with Gasteiger partial charge in [0.25, 0.3) is 10.0 Å². The molecule has 0 aliphatic rings. The number of ether oxygens (including phenoxy) is 1. The van der Waals surface area contributed by atoms with Crippen molar-refractivity contribution in [2.24, 2.45) is 5.92 Å². The first-order valence-electron chi connectivity index (χ1n) is 13.0. The van der Waals surface area contributed by atoms with Crippen molar-refractivity contribution in [3.63, 3.8) is 0 Å². The van der Waals surface area contributed by atoms with Gasteiger partial charge in [-0.1, -0.05) is 61.4 Å². The first kappa shape index (κ1) is 32.1. The van der Waals surface area contributed by atoms with Crippen molar-refractivity contribution < 1.29 is 31.5 Å². The predicted molar refractivity (Wildman–Crippen MR) is 159 cm³/mol. The number of methoxy groups -OCH3 is 1. The van der Waals surface area contributed by atoms with Crippen LogP contribution in [0.4, 0.5) is 11.4 Å². The second-order valence-corrected chi connectivity index (χ2v) is 13.7. The number of aliphatic hydroxyl groups excluding tert-OH is 1. The molecule has 41 heavy (non-hydrogen) atoms. The average Bonchev–Trinajstić information content (AvgIpc) is 2.93. The van der Waals surface area contributed by atoms with Crippen LogP contribution in [0.1, 0.15) is 25.0 Å². The Morgan fingerprint density at radius 3 is 1.85 bits per heavy atom. The number of carbonyl (C=O) groups excluding carboxylic acids is 1. The monoisotopic (exact) mass is 603 g/mol. The number of benzene rings is 3. The van der Waals surface area contributed by atoms with Gasteiger partial charge < -0.3 is 15.2 Å². The number of hydrogen-bond acceptors (Lipinski definition) is 8. The maximum absolute atomic E-state index is 13.9. The van der Waals surface area contributed by atoms with Crippen LogP contribution in [0.5, 0.6) is 0 Å². The Labute approximate surface area is 242 Å². The molecule has 3 rings (SSSR count). The summed E-state index contributed by atoms with van der Waals surface area (Å²) < 4.78 is 62.4. The molecule has 3 N–H and O–H groups in total. The van der Waals surface area contributed by atoms with E-state index in [0.717, 1.165) is 15.4 Å². The summed E-state index contributed by atoms with van der Waals surface area (Å²) in [5.74, 6) is -1.20. The minimum absolute atomic E-state index is 0.0133. The van der Waals surface area contributed by atoms with Crippen LogP contribution in [-0.4, -0.2) is 64.6 Å². The van der Waals surface area contributed by atoms with Gasteiger partial charge in [0.2, 0.25) is 10.0 Å². The minimum Gasteiger partial charge on any atom is -0.468 e. The fourth-order valence-corrected chi connectivity index (χ4v) is 7.09. The van der Waals surface area contributed by atoms with Gasteiger partial charge in [-0.25, -0.2) is 16.8 Å². The zero-order chi connectivity index (χ0) is 30.4. The van der Waals surface area contributed by atoms with Crippen LogP contribution < -0.4 is 10.0 Å². The molecule has 0 amide bonds. The van der Waals surface area contributed by atoms with Crippen LogP contribution in [0.3, 0.4) is 0 Å². The Morgan fingerprint density at radius 1 is 0.854 bits per heavy atom. The molecule has 0 spiro atoms. The second kappa shape index (κ2) is 13.5. The normalized spacial score (nSPS) is 13.6. The van der Waals surface area contributed by atoms with E-state index in [1.54, 1.807) is 62.4 Å². The largest absolute Gasteiger partial charge is 0.468 e. The van der Waals surface area contributed by atoms with Gasteiger partial charge in [-0.3, -0.25) is 9.52 Å². The number of aliphatic hydroxyl groups is 1. The molecule has 222 valence electrons. The number of nitrogens with zero attached hydrogens (tertiary/aromatic N) is 1. The third-order valence-electron chi connectivity index (χ3n) is 6.49. The molecule has 0 aromatic heterocycles. The Balaban J connectivity index is 1.97. The molecule has 0 fully saturated rings. The number of hydrogen-bond donors (Lipinski definition) is 3. The number of anilines is 2. The highest BCUT2D eigenvalue weighted by atomic mass is 32.2. The number of para-hydroxylation sites is 2. The lowest BCUT2D eigenvalue weighted by Crippen LogP contribution is -2.53. The lowest BCUT2D eigenvalue weighted by atomic mass is 10.0. The molecule has 0 saturated carbocycles. The molecule has 0 unspecified atom stereocenters. The molecule has 0 bridgehead atoms. The Kier molecular flexibility index (Phi) is 10.5. The van der Waals surface area contributed by atoms with Crippen LogP contribution in [-0.2, 0) is 29.6 Å². The molecule has 0 aliphatic heterocycles. The fourth-order valence-electron chi connectivity index (χ4n) is 4.26. The summed E-state index contributed by atoms with van der Waals surface area (Å²) >= 11 is 0. The summed E-state index contributed by atoms with van der Waals surface area (Å²) in [6.07, 6.45) is 0. The molecule has 0 heterocycles. The van der Waals surface area contributed by atoms with E-state index in [1.165, 1.54) is 31.4 Å². The second-order valence-electron chi connectivity index (χ2n) is 10.1. The SMILES string of the molecule is COC(=O)[C@H](C(C)C)N(C[C@H](CO)Nc1ccccc1NS(=O)(=O)c1ccc(C)cc1)S(=O)(=O)c1ccc(C)cc1. The average molecular weight is 604 g/mol. The zero-order valence-corrected chi connectivity index (χ0v) is 25.4. The van der Waals surface area contributed by atoms with E-state index < -0.39 is 50.6 Å². The fraction of sp³-hybridized carbons (Fsp3) is 0.345. The zero-order valence-electron chi connectivity index (χ0n) is 23.7. The number of rotatable bonds is 13. The lowest BCUT2D eigenvalue weighted by Gasteiger charge is -2.34. The van der Waals surface area contributed by atoms with Crippen molar-refractivity contribution in [3.05, 3.63) is 83.9 Å². The Hall–Kier alpha value is -3.45. The van der Waals surface area contributed by atoms with Gasteiger partial charge in [0.15, 0.2) is 0 Å². The number of carbonyl (C=O) groups is 1. The van der Waals surface area contributed by atoms with E-state index in [9.17, 15) is 26.7 Å². The summed E-state index contributed by atoms with van der Waals surface area (Å²) in [6.45, 7) is 6.25. The summed E-state index contributed by atoms with van der Waals surface area (Å²) in [4.78, 5) is 12.9. The number of sulfonamides is 2. The third-order valence-corrected chi connectivity index (χ3v) is 9.74. The van der Waals surface area contributed by atoms with E-state index in [-0.39, 0.29) is 22.0 Å². The van der Waals surface area contributed by atoms with Gasteiger partial charge in [-0.05, 0) is 56.2 Å². The maximum Gasteiger partial charge on any atom is 0.324 e. The molecule has 0 saturated heterocycles. The van der Waals surface area contributed by atoms with Crippen molar-refractivity contribution in [3.8, 4) is 0 Å². The van der Waals surface area contributed by atoms with Crippen LogP contribution in [0, 0.1) is 19.8 Å². The predicted octanol–water partition coefficient (Wildman–Crippen LogP) is 3.77. The minimum atomic E-state index is -4.22. The Bertz CT molecular complexity index is 1540. The molecule has 0 radical (unpaired) electrons. The van der Waals surface area contributed by atoms with Gasteiger partial charge >= 0.3 is 5.97 Å². The molecule has 0 aliphatic carbocycles. The summed E-state index contributed by atoms with van der Waals surface area (Å²) in [5.41, 5.74) is 2.29. The van der Waals surface area contributed by atoms with E-state index in [2.05, 4.69) is 10.0 Å². The lowest BCUT2D eigenvalue weighted by molar-refractivity contribution is -0.146. The third kappa shape index (κ3) is 7.85. The van der Waals surface area contributed by atoms with Crippen molar-refractivity contribution >= 4 is 37.4 Å². The van der Waals surface area contributed by atoms with Crippen LogP contribution in [0.15, 0.2) is 82.6 Å². The standard InChI is InChI=1S/C29H37N3O7S2/c1-20(2)28(29(34)39-5)32(41(37,38)25-16-12-22(4)13-17-25)18-23(19-33)30-26-8-6-7-9-27(26)31-40(35,36)24-14-10-21(3)11-15-24/h6-17,20,23,28,30-31,33H,18-19H2,1-5H3/t23-,28+/m1/s1. The molecule has 12 heteroatoms. The summed E-state index contributed by atoms with van der Waals surface area (Å²) in [6, 6.07) is 17.0. The Morgan fingerprint density at radius 2 is 1.37 bits per heavy atom. The van der Waals surface area contributed by atoms with E-state index in [1.807, 2.05) is 13.8 Å². The highest BCUT2D eigenvalue weighted by Crippen LogP contribution is 2.28. The number of esters is 1. The van der Waals surface area contributed by atoms with Crippen molar-refractivity contribution in [2.75, 3.05) is 30.3 Å². The summed E-state index contributed by atoms with van der Waals surface area (Å²) in [5, 5.41) is 13.4. The summed E-state index contributed by atoms with van der Waals surface area (Å²) in [7, 11) is -6.98. The van der Waals surface area contributed by atoms with Crippen LogP contribution >= 0.6 is 0 Å². The van der Waals surface area contributed by atoms with Gasteiger partial charge in [-0.15, -0.1) is 0 Å². The molecular weight excluding hydrogens is 566 g/mol. The molecular formula is C29H37N3O7S2. The first-order valence-corrected chi connectivity index (χ1v) is 15.9. The quantitative estimate of drug-likeness (QED) is 0.251. The number of aryl methyl sites for hydroxylation is 2. The van der Waals surface area contributed by atoms with Gasteiger partial charge in [0.1, 0.15) is 6.04 Å². The highest BCUT2D eigenvalue weighted by Gasteiger charge is 2.40. The van der Waals surface area contributed by atoms with E-state index in [4.69, 9.17) is 4.74 Å². The topological polar surface area (TPSA) is 142 Å². The van der Waals surface area contributed by atoms with Gasteiger partial charge in [0, 0.05) is 6.54 Å². The van der Waals surface area contributed by atoms with Gasteiger partial charge in [0.05, 0.1) is 40.9 Å². The van der Waals surface area contributed by atoms with Crippen LogP contribution in [0.25, 0.3) is 0 Å². The maximum atomic E-state index is 13.9. The molecule has 3 aromatic carbocycles. The smallest absolute Gasteiger partial charge is 0.324 e. The van der Waals surface area contributed by atoms with E-state index in [0.29, 0.717) is 5.69 Å². The first-order chi connectivity index (χ1) is 19.3. The van der Waals surface area contributed by atoms with Crippen LogP contribution in [0.2, 0.25) is 0 Å². The van der Waals surface area contributed by atoms with E-state index >= 15 is 0 Å². The van der Waals surface area contributed by atoms with Gasteiger partial charge in [-0.2, -0.15) is 4.31 Å². The highest BCUT2D eigenvalue weighted by molar-refractivity contribution is 7.92. The van der Waals surface area contributed by atoms with Crippen molar-refractivity contribution in [2.45, 2.75) is 49.6 Å². The molecule has 2 atom stereocenters. The number of nitrogens with one attached hydrogen (secondary N) is 2. The van der Waals surface area contributed by atoms with Crippen molar-refractivity contribution in [1.82, 2.24) is 4.31 Å². The molecule has 10 nitrogen and oxygen atoms in total. The molecule has 3 aromatic rings. The van der Waals surface area contributed by atoms with Crippen molar-refractivity contribution in [1.29, 1.82) is 0 Å².